The van der Waals surface area contributed by atoms with E-state index >= 15 is 0 Å². The molecule has 0 radical (unpaired) electrons. The van der Waals surface area contributed by atoms with Crippen molar-refractivity contribution in [2.45, 2.75) is 30.6 Å². The van der Waals surface area contributed by atoms with Gasteiger partial charge in [-0.25, -0.2) is 4.68 Å². The summed E-state index contributed by atoms with van der Waals surface area (Å²) in [6.45, 7) is -0.594. The molecule has 1 aromatic heterocycles. The van der Waals surface area contributed by atoms with E-state index in [4.69, 9.17) is 9.84 Å². The number of hydrogen-bond donors (Lipinski definition) is 4. The number of rotatable bonds is 3. The van der Waals surface area contributed by atoms with E-state index < -0.39 is 48.9 Å². The number of aliphatic hydroxyl groups is 4. The molecule has 4 N–H and O–H groups in total. The number of aliphatic hydroxyl groups excluding tert-OH is 4. The van der Waals surface area contributed by atoms with Crippen LogP contribution in [0.2, 0.25) is 0 Å². The fraction of sp³-hybridized carbons (Fsp3) is 0.667. The van der Waals surface area contributed by atoms with Crippen LogP contribution >= 0.6 is 0 Å². The van der Waals surface area contributed by atoms with E-state index in [0.717, 1.165) is 10.9 Å². The Balaban J connectivity index is 0.00000200. The standard InChI is InChI=1S/C9H13N3O7.Na/c13-2-4-5(14)6(15)7(16)8(19-4)12-1-3(9(17)18)10-11-12;/h1,4-8,13-16H,2H2,(H,17,18);/q;+1/p-1/t4-,5-,6+,7-,8-;/m1./s1. The monoisotopic (exact) mass is 297 g/mol. The van der Waals surface area contributed by atoms with Crippen molar-refractivity contribution >= 4 is 5.97 Å². The van der Waals surface area contributed by atoms with Crippen molar-refractivity contribution in [2.75, 3.05) is 6.61 Å². The van der Waals surface area contributed by atoms with Gasteiger partial charge in [0.15, 0.2) is 6.23 Å². The third kappa shape index (κ3) is 3.18. The first-order valence-electron chi connectivity index (χ1n) is 5.39. The van der Waals surface area contributed by atoms with Crippen molar-refractivity contribution in [2.24, 2.45) is 0 Å². The number of carboxylic acid groups (broad SMARTS) is 1. The molecule has 1 aliphatic rings. The summed E-state index contributed by atoms with van der Waals surface area (Å²) in [5.41, 5.74) is -0.475. The number of hydrogen-bond acceptors (Lipinski definition) is 9. The molecule has 5 atom stereocenters. The summed E-state index contributed by atoms with van der Waals surface area (Å²) >= 11 is 0. The van der Waals surface area contributed by atoms with Crippen LogP contribution in [-0.4, -0.2) is 72.4 Å². The molecule has 2 rings (SSSR count). The molecule has 0 amide bonds. The Morgan fingerprint density at radius 3 is 2.50 bits per heavy atom. The zero-order valence-electron chi connectivity index (χ0n) is 10.5. The van der Waals surface area contributed by atoms with Crippen molar-refractivity contribution in [1.82, 2.24) is 15.0 Å². The van der Waals surface area contributed by atoms with Crippen LogP contribution in [0.4, 0.5) is 0 Å². The molecule has 20 heavy (non-hydrogen) atoms. The largest absolute Gasteiger partial charge is 1.00 e. The van der Waals surface area contributed by atoms with Gasteiger partial charge in [0.1, 0.15) is 30.1 Å². The normalized spacial score (nSPS) is 33.5. The van der Waals surface area contributed by atoms with Crippen molar-refractivity contribution < 1.29 is 64.6 Å². The number of aromatic nitrogens is 3. The zero-order valence-corrected chi connectivity index (χ0v) is 12.5. The fourth-order valence-electron chi connectivity index (χ4n) is 1.80. The third-order valence-electron chi connectivity index (χ3n) is 2.85. The van der Waals surface area contributed by atoms with Crippen molar-refractivity contribution in [3.63, 3.8) is 0 Å². The molecular weight excluding hydrogens is 285 g/mol. The van der Waals surface area contributed by atoms with Gasteiger partial charge in [0.05, 0.1) is 18.8 Å². The Kier molecular flexibility index (Phi) is 6.04. The van der Waals surface area contributed by atoms with Crippen LogP contribution in [0.3, 0.4) is 0 Å². The summed E-state index contributed by atoms with van der Waals surface area (Å²) in [5.74, 6) is -1.56. The van der Waals surface area contributed by atoms with Gasteiger partial charge < -0.3 is 35.1 Å². The van der Waals surface area contributed by atoms with E-state index in [1.807, 2.05) is 0 Å². The fourth-order valence-corrected chi connectivity index (χ4v) is 1.80. The molecule has 11 heteroatoms. The first-order chi connectivity index (χ1) is 8.95. The van der Waals surface area contributed by atoms with Crippen LogP contribution in [0.5, 0.6) is 0 Å². The van der Waals surface area contributed by atoms with Gasteiger partial charge in [-0.15, -0.1) is 5.10 Å². The Hall–Kier alpha value is -0.590. The van der Waals surface area contributed by atoms with Crippen LogP contribution in [0, 0.1) is 0 Å². The average molecular weight is 297 g/mol. The summed E-state index contributed by atoms with van der Waals surface area (Å²) in [4.78, 5) is 10.6. The third-order valence-corrected chi connectivity index (χ3v) is 2.85. The summed E-state index contributed by atoms with van der Waals surface area (Å²) in [6, 6.07) is 0. The molecule has 0 bridgehead atoms. The van der Waals surface area contributed by atoms with Gasteiger partial charge >= 0.3 is 29.6 Å². The molecule has 0 aliphatic carbocycles. The second kappa shape index (κ2) is 6.91. The SMILES string of the molecule is O=C([O-])c1cn([C@@H]2O[C@H](CO)[C@@H](O)[C@H](O)[C@H]2O)nn1.[Na+]. The summed E-state index contributed by atoms with van der Waals surface area (Å²) in [7, 11) is 0. The maximum absolute atomic E-state index is 10.6. The molecule has 106 valence electrons. The van der Waals surface area contributed by atoms with Crippen molar-refractivity contribution in [3.8, 4) is 0 Å². The molecule has 1 fully saturated rings. The second-order valence-electron chi connectivity index (χ2n) is 4.09. The summed E-state index contributed by atoms with van der Waals surface area (Å²) in [6.07, 6.45) is -6.08. The van der Waals surface area contributed by atoms with Gasteiger partial charge in [-0.1, -0.05) is 5.21 Å². The average Bonchev–Trinajstić information content (AvgIpc) is 2.86. The van der Waals surface area contributed by atoms with Gasteiger partial charge in [-0.2, -0.15) is 0 Å². The number of ether oxygens (including phenoxy) is 1. The van der Waals surface area contributed by atoms with E-state index in [9.17, 15) is 25.2 Å². The number of aromatic carboxylic acids is 1. The minimum absolute atomic E-state index is 0. The van der Waals surface area contributed by atoms with Gasteiger partial charge in [-0.3, -0.25) is 0 Å². The summed E-state index contributed by atoms with van der Waals surface area (Å²) in [5, 5.41) is 55.1. The molecule has 0 aromatic carbocycles. The predicted molar refractivity (Wildman–Crippen MR) is 53.4 cm³/mol. The number of carbonyl (C=O) groups is 1. The van der Waals surface area contributed by atoms with Gasteiger partial charge in [-0.05, 0) is 0 Å². The minimum atomic E-state index is -1.58. The first kappa shape index (κ1) is 17.5. The van der Waals surface area contributed by atoms with Gasteiger partial charge in [0.25, 0.3) is 0 Å². The minimum Gasteiger partial charge on any atom is -0.543 e. The van der Waals surface area contributed by atoms with E-state index in [-0.39, 0.29) is 29.6 Å². The van der Waals surface area contributed by atoms with Crippen LogP contribution < -0.4 is 34.7 Å². The Morgan fingerprint density at radius 2 is 2.00 bits per heavy atom. The van der Waals surface area contributed by atoms with Crippen molar-refractivity contribution in [3.05, 3.63) is 11.9 Å². The van der Waals surface area contributed by atoms with Crippen molar-refractivity contribution in [1.29, 1.82) is 0 Å². The maximum Gasteiger partial charge on any atom is 1.00 e. The Labute approximate surface area is 134 Å². The first-order valence-corrected chi connectivity index (χ1v) is 5.39. The zero-order chi connectivity index (χ0) is 14.2. The van der Waals surface area contributed by atoms with Gasteiger partial charge in [0, 0.05) is 0 Å². The second-order valence-corrected chi connectivity index (χ2v) is 4.09. The number of carbonyl (C=O) groups excluding carboxylic acids is 1. The quantitative estimate of drug-likeness (QED) is 0.397. The van der Waals surface area contributed by atoms with E-state index in [1.54, 1.807) is 0 Å². The van der Waals surface area contributed by atoms with Crippen LogP contribution in [0.25, 0.3) is 0 Å². The number of nitrogens with zero attached hydrogens (tertiary/aromatic N) is 3. The van der Waals surface area contributed by atoms with E-state index in [0.29, 0.717) is 0 Å². The van der Waals surface area contributed by atoms with E-state index in [1.165, 1.54) is 0 Å². The molecule has 10 nitrogen and oxygen atoms in total. The molecule has 0 unspecified atom stereocenters. The molecule has 2 heterocycles. The molecule has 0 spiro atoms. The molecule has 1 aliphatic heterocycles. The van der Waals surface area contributed by atoms with Crippen LogP contribution in [0.15, 0.2) is 6.20 Å². The van der Waals surface area contributed by atoms with Crippen LogP contribution in [0.1, 0.15) is 16.7 Å². The number of carboxylic acids is 1. The Bertz CT molecular complexity index is 468. The topological polar surface area (TPSA) is 161 Å². The molecular formula is C9H12N3NaO7. The molecule has 1 saturated heterocycles. The van der Waals surface area contributed by atoms with Gasteiger partial charge in [0.2, 0.25) is 0 Å². The smallest absolute Gasteiger partial charge is 0.543 e. The predicted octanol–water partition coefficient (Wildman–Crippen LogP) is -7.38. The van der Waals surface area contributed by atoms with Crippen LogP contribution in [-0.2, 0) is 4.74 Å². The Morgan fingerprint density at radius 1 is 1.35 bits per heavy atom. The van der Waals surface area contributed by atoms with E-state index in [2.05, 4.69) is 10.3 Å². The molecule has 1 aromatic rings. The maximum atomic E-state index is 10.6. The summed E-state index contributed by atoms with van der Waals surface area (Å²) < 4.78 is 6.02. The molecule has 0 saturated carbocycles.